The lowest BCUT2D eigenvalue weighted by molar-refractivity contribution is -0.155. The van der Waals surface area contributed by atoms with E-state index in [9.17, 15) is 0 Å². The quantitative estimate of drug-likeness (QED) is 0.794. The highest BCUT2D eigenvalue weighted by molar-refractivity contribution is 5.53. The SMILES string of the molecule is COCC1CN(Cc2nnc(-c3ccc(OC)cc3)o2)CC(C)(C)O1. The number of hydrogen-bond donors (Lipinski definition) is 0. The first kappa shape index (κ1) is 17.8. The Balaban J connectivity index is 1.67. The highest BCUT2D eigenvalue weighted by Crippen LogP contribution is 2.24. The average Bonchev–Trinajstić information content (AvgIpc) is 3.02. The average molecular weight is 347 g/mol. The van der Waals surface area contributed by atoms with Gasteiger partial charge in [-0.25, -0.2) is 0 Å². The first-order valence-electron chi connectivity index (χ1n) is 8.35. The third kappa shape index (κ3) is 4.56. The van der Waals surface area contributed by atoms with Gasteiger partial charge in [0.1, 0.15) is 5.75 Å². The zero-order valence-corrected chi connectivity index (χ0v) is 15.2. The van der Waals surface area contributed by atoms with Crippen molar-refractivity contribution in [3.8, 4) is 17.2 Å². The van der Waals surface area contributed by atoms with E-state index in [1.165, 1.54) is 0 Å². The molecule has 1 aliphatic rings. The Labute approximate surface area is 147 Å². The van der Waals surface area contributed by atoms with Gasteiger partial charge in [0.2, 0.25) is 11.8 Å². The Morgan fingerprint density at radius 3 is 2.64 bits per heavy atom. The molecule has 0 aliphatic carbocycles. The van der Waals surface area contributed by atoms with Crippen LogP contribution in [0.25, 0.3) is 11.5 Å². The number of methoxy groups -OCH3 is 2. The smallest absolute Gasteiger partial charge is 0.247 e. The largest absolute Gasteiger partial charge is 0.497 e. The summed E-state index contributed by atoms with van der Waals surface area (Å²) >= 11 is 0. The van der Waals surface area contributed by atoms with E-state index >= 15 is 0 Å². The minimum Gasteiger partial charge on any atom is -0.497 e. The lowest BCUT2D eigenvalue weighted by Crippen LogP contribution is -2.53. The number of morpholine rings is 1. The summed E-state index contributed by atoms with van der Waals surface area (Å²) in [5.74, 6) is 1.90. The summed E-state index contributed by atoms with van der Waals surface area (Å²) < 4.78 is 22.3. The summed E-state index contributed by atoms with van der Waals surface area (Å²) in [5, 5.41) is 8.35. The number of aromatic nitrogens is 2. The first-order chi connectivity index (χ1) is 12.0. The molecule has 0 saturated carbocycles. The molecule has 2 aromatic rings. The van der Waals surface area contributed by atoms with Crippen LogP contribution < -0.4 is 4.74 Å². The fraction of sp³-hybridized carbons (Fsp3) is 0.556. The molecule has 7 heteroatoms. The second-order valence-corrected chi connectivity index (χ2v) is 6.85. The molecule has 1 fully saturated rings. The molecule has 0 N–H and O–H groups in total. The van der Waals surface area contributed by atoms with E-state index in [0.717, 1.165) is 24.4 Å². The molecular weight excluding hydrogens is 322 g/mol. The van der Waals surface area contributed by atoms with Crippen LogP contribution in [0.4, 0.5) is 0 Å². The number of hydrogen-bond acceptors (Lipinski definition) is 7. The highest BCUT2D eigenvalue weighted by Gasteiger charge is 2.34. The molecule has 1 aliphatic heterocycles. The van der Waals surface area contributed by atoms with Crippen molar-refractivity contribution in [3.63, 3.8) is 0 Å². The van der Waals surface area contributed by atoms with Gasteiger partial charge in [0, 0.05) is 25.8 Å². The monoisotopic (exact) mass is 347 g/mol. The predicted molar refractivity (Wildman–Crippen MR) is 92.4 cm³/mol. The van der Waals surface area contributed by atoms with Crippen molar-refractivity contribution in [1.82, 2.24) is 15.1 Å². The Hall–Kier alpha value is -1.96. The molecule has 2 heterocycles. The second-order valence-electron chi connectivity index (χ2n) is 6.85. The van der Waals surface area contributed by atoms with Crippen LogP contribution in [0.5, 0.6) is 5.75 Å². The van der Waals surface area contributed by atoms with E-state index in [1.54, 1.807) is 14.2 Å². The Morgan fingerprint density at radius 1 is 1.20 bits per heavy atom. The molecule has 1 unspecified atom stereocenters. The molecule has 1 aromatic heterocycles. The van der Waals surface area contributed by atoms with Gasteiger partial charge in [-0.1, -0.05) is 0 Å². The van der Waals surface area contributed by atoms with Crippen LogP contribution in [0, 0.1) is 0 Å². The molecule has 1 aromatic carbocycles. The van der Waals surface area contributed by atoms with Crippen molar-refractivity contribution in [3.05, 3.63) is 30.2 Å². The van der Waals surface area contributed by atoms with Gasteiger partial charge >= 0.3 is 0 Å². The van der Waals surface area contributed by atoms with Crippen molar-refractivity contribution in [2.24, 2.45) is 0 Å². The van der Waals surface area contributed by atoms with Gasteiger partial charge in [0.25, 0.3) is 0 Å². The van der Waals surface area contributed by atoms with Crippen LogP contribution in [-0.2, 0) is 16.0 Å². The molecule has 136 valence electrons. The molecule has 0 amide bonds. The standard InChI is InChI=1S/C18H25N3O4/c1-18(2)12-21(9-15(25-18)11-22-3)10-16-19-20-17(24-16)13-5-7-14(23-4)8-6-13/h5-8,15H,9-12H2,1-4H3. The van der Waals surface area contributed by atoms with Crippen LogP contribution in [0.1, 0.15) is 19.7 Å². The van der Waals surface area contributed by atoms with E-state index in [-0.39, 0.29) is 11.7 Å². The first-order valence-corrected chi connectivity index (χ1v) is 8.35. The van der Waals surface area contributed by atoms with E-state index < -0.39 is 0 Å². The topological polar surface area (TPSA) is 69.9 Å². The van der Waals surface area contributed by atoms with Crippen molar-refractivity contribution < 1.29 is 18.6 Å². The lowest BCUT2D eigenvalue weighted by Gasteiger charge is -2.42. The summed E-state index contributed by atoms with van der Waals surface area (Å²) in [6.07, 6.45) is 0.0396. The minimum atomic E-state index is -0.236. The van der Waals surface area contributed by atoms with Crippen molar-refractivity contribution in [1.29, 1.82) is 0 Å². The maximum atomic E-state index is 6.03. The number of nitrogens with zero attached hydrogens (tertiary/aromatic N) is 3. The van der Waals surface area contributed by atoms with Crippen molar-refractivity contribution in [2.45, 2.75) is 32.1 Å². The van der Waals surface area contributed by atoms with Crippen LogP contribution in [-0.4, -0.2) is 60.7 Å². The summed E-state index contributed by atoms with van der Waals surface area (Å²) in [7, 11) is 3.33. The van der Waals surface area contributed by atoms with E-state index in [4.69, 9.17) is 18.6 Å². The van der Waals surface area contributed by atoms with Crippen LogP contribution in [0.15, 0.2) is 28.7 Å². The summed E-state index contributed by atoms with van der Waals surface area (Å²) in [6.45, 7) is 6.90. The van der Waals surface area contributed by atoms with Gasteiger partial charge in [0.15, 0.2) is 0 Å². The molecule has 25 heavy (non-hydrogen) atoms. The Kier molecular flexibility index (Phi) is 5.36. The van der Waals surface area contributed by atoms with Crippen LogP contribution in [0.2, 0.25) is 0 Å². The molecule has 0 bridgehead atoms. The molecule has 7 nitrogen and oxygen atoms in total. The molecule has 1 saturated heterocycles. The van der Waals surface area contributed by atoms with Crippen molar-refractivity contribution >= 4 is 0 Å². The molecule has 3 rings (SSSR count). The Morgan fingerprint density at radius 2 is 1.96 bits per heavy atom. The van der Waals surface area contributed by atoms with Gasteiger partial charge in [0.05, 0.1) is 32.0 Å². The maximum Gasteiger partial charge on any atom is 0.247 e. The van der Waals surface area contributed by atoms with Crippen LogP contribution in [0.3, 0.4) is 0 Å². The molecular formula is C18H25N3O4. The lowest BCUT2D eigenvalue weighted by atomic mass is 10.1. The fourth-order valence-electron chi connectivity index (χ4n) is 3.17. The maximum absolute atomic E-state index is 6.03. The zero-order chi connectivity index (χ0) is 17.9. The summed E-state index contributed by atoms with van der Waals surface area (Å²) in [4.78, 5) is 2.26. The van der Waals surface area contributed by atoms with Crippen LogP contribution >= 0.6 is 0 Å². The molecule has 0 spiro atoms. The third-order valence-electron chi connectivity index (χ3n) is 4.07. The minimum absolute atomic E-state index is 0.0396. The third-order valence-corrected chi connectivity index (χ3v) is 4.07. The highest BCUT2D eigenvalue weighted by atomic mass is 16.5. The fourth-order valence-corrected chi connectivity index (χ4v) is 3.17. The van der Waals surface area contributed by atoms with Gasteiger partial charge in [-0.15, -0.1) is 10.2 Å². The summed E-state index contributed by atoms with van der Waals surface area (Å²) in [5.41, 5.74) is 0.638. The Bertz CT molecular complexity index is 684. The second kappa shape index (κ2) is 7.51. The van der Waals surface area contributed by atoms with E-state index in [2.05, 4.69) is 28.9 Å². The van der Waals surface area contributed by atoms with Gasteiger partial charge in [-0.2, -0.15) is 0 Å². The molecule has 0 radical (unpaired) electrons. The number of rotatable bonds is 6. The van der Waals surface area contributed by atoms with Crippen molar-refractivity contribution in [2.75, 3.05) is 33.9 Å². The number of benzene rings is 1. The molecule has 1 atom stereocenters. The summed E-state index contributed by atoms with van der Waals surface area (Å²) in [6, 6.07) is 7.56. The van der Waals surface area contributed by atoms with Gasteiger partial charge in [-0.05, 0) is 38.1 Å². The van der Waals surface area contributed by atoms with Gasteiger partial charge < -0.3 is 18.6 Å². The van der Waals surface area contributed by atoms with E-state index in [1.807, 2.05) is 24.3 Å². The number of ether oxygens (including phenoxy) is 3. The normalized spacial score (nSPS) is 20.6. The van der Waals surface area contributed by atoms with Gasteiger partial charge in [-0.3, -0.25) is 4.90 Å². The van der Waals surface area contributed by atoms with E-state index in [0.29, 0.717) is 24.9 Å². The predicted octanol–water partition coefficient (Wildman–Crippen LogP) is 2.37. The zero-order valence-electron chi connectivity index (χ0n) is 15.2.